The van der Waals surface area contributed by atoms with E-state index in [0.29, 0.717) is 54.2 Å². The predicted molar refractivity (Wildman–Crippen MR) is 215 cm³/mol. The molecular weight excluding hydrogens is 784 g/mol. The zero-order valence-corrected chi connectivity index (χ0v) is 33.5. The number of thiophene rings is 1. The zero-order chi connectivity index (χ0) is 41.0. The molecule has 2 fully saturated rings. The number of aryl methyl sites for hydroxylation is 2. The minimum atomic E-state index is -1.08. The van der Waals surface area contributed by atoms with Crippen LogP contribution in [0.3, 0.4) is 0 Å². The van der Waals surface area contributed by atoms with Gasteiger partial charge >= 0.3 is 0 Å². The lowest BCUT2D eigenvalue weighted by molar-refractivity contribution is -0.136. The Labute approximate surface area is 341 Å². The summed E-state index contributed by atoms with van der Waals surface area (Å²) in [5, 5.41) is 17.4. The lowest BCUT2D eigenvalue weighted by Gasteiger charge is -2.35. The van der Waals surface area contributed by atoms with Crippen molar-refractivity contribution in [2.75, 3.05) is 38.0 Å². The van der Waals surface area contributed by atoms with Gasteiger partial charge in [0.05, 0.1) is 16.8 Å². The minimum absolute atomic E-state index is 0.0216. The average Bonchev–Trinajstić information content (AvgIpc) is 3.77. The smallest absolute Gasteiger partial charge is 0.264 e. The summed E-state index contributed by atoms with van der Waals surface area (Å²) in [6.45, 7) is 11.8. The van der Waals surface area contributed by atoms with Gasteiger partial charge in [0.2, 0.25) is 17.7 Å². The Morgan fingerprint density at radius 2 is 1.71 bits per heavy atom. The summed E-state index contributed by atoms with van der Waals surface area (Å²) in [7, 11) is 0. The van der Waals surface area contributed by atoms with E-state index >= 15 is 0 Å². The number of fused-ring (bicyclic) bond motifs is 4. The van der Waals surface area contributed by atoms with Crippen molar-refractivity contribution in [1.82, 2.24) is 40.3 Å². The van der Waals surface area contributed by atoms with Crippen LogP contribution in [0.4, 0.5) is 5.69 Å². The summed E-state index contributed by atoms with van der Waals surface area (Å²) < 4.78 is 1.97. The molecule has 298 valence electrons. The Hall–Kier alpha value is -6.04. The van der Waals surface area contributed by atoms with Crippen molar-refractivity contribution in [1.29, 1.82) is 0 Å². The molecule has 58 heavy (non-hydrogen) atoms. The van der Waals surface area contributed by atoms with Gasteiger partial charge in [-0.2, -0.15) is 0 Å². The number of aromatic nitrogens is 3. The van der Waals surface area contributed by atoms with E-state index in [9.17, 15) is 28.8 Å². The van der Waals surface area contributed by atoms with E-state index in [4.69, 9.17) is 16.6 Å². The first-order valence-corrected chi connectivity index (χ1v) is 20.0. The summed E-state index contributed by atoms with van der Waals surface area (Å²) in [5.41, 5.74) is 7.35. The highest BCUT2D eigenvalue weighted by Crippen LogP contribution is 2.41. The van der Waals surface area contributed by atoms with Crippen molar-refractivity contribution in [2.24, 2.45) is 4.99 Å². The molecular formula is C40H39ClN10O6S. The van der Waals surface area contributed by atoms with Crippen molar-refractivity contribution in [3.8, 4) is 5.00 Å². The number of hydrazine groups is 1. The van der Waals surface area contributed by atoms with E-state index < -0.39 is 35.7 Å². The summed E-state index contributed by atoms with van der Waals surface area (Å²) >= 11 is 7.87. The molecule has 0 aliphatic carbocycles. The minimum Gasteiger partial charge on any atom is -0.384 e. The third kappa shape index (κ3) is 6.88. The second-order valence-corrected chi connectivity index (χ2v) is 16.1. The molecule has 18 heteroatoms. The number of piperazine rings is 1. The molecule has 4 aromatic rings. The molecule has 2 aromatic heterocycles. The highest BCUT2D eigenvalue weighted by Gasteiger charge is 2.45. The molecule has 1 unspecified atom stereocenters. The summed E-state index contributed by atoms with van der Waals surface area (Å²) in [6.07, 6.45) is 0.115. The van der Waals surface area contributed by atoms with Crippen molar-refractivity contribution in [3.05, 3.63) is 104 Å². The number of anilines is 1. The number of benzene rings is 2. The number of carbonyl (C=O) groups excluding carboxylic acids is 6. The van der Waals surface area contributed by atoms with E-state index in [0.717, 1.165) is 31.5 Å². The standard InChI is InChI=1S/C40H39ClN10O6S/c1-20-22(3)58-40-31(20)34(24-8-10-25(41)11-9-24)44-33(35-46-45-23(4)50(35)40)21(2)37(55)48-16-18-49(19-17-48)47-30(53)14-15-42-27-7-5-6-26-32(27)39(57)51(38(26)56)28-12-13-29(52)43-36(28)54/h5-11,28,33,42H,2,12-19H2,1,3-4H3,(H,47,53)(H,43,52,54)/t28?,33-/m0/s1. The molecule has 6 heterocycles. The molecule has 0 bridgehead atoms. The maximum Gasteiger partial charge on any atom is 0.264 e. The predicted octanol–water partition coefficient (Wildman–Crippen LogP) is 3.43. The Morgan fingerprint density at radius 3 is 2.43 bits per heavy atom. The third-order valence-corrected chi connectivity index (χ3v) is 12.3. The SMILES string of the molecule is C=C(C(=O)N1CCN(NC(=O)CCNc2cccc3c2C(=O)N(C2CCC(=O)NC2=O)C3=O)CC1)[C@@H]1N=C(c2ccc(Cl)cc2)c2c(sc(C)c2C)-n2c(C)nnc21. The van der Waals surface area contributed by atoms with E-state index in [1.54, 1.807) is 33.4 Å². The van der Waals surface area contributed by atoms with Crippen LogP contribution in [-0.2, 0) is 19.2 Å². The van der Waals surface area contributed by atoms with Gasteiger partial charge in [-0.25, -0.2) is 5.01 Å². The monoisotopic (exact) mass is 822 g/mol. The number of carbonyl (C=O) groups is 6. The Kier molecular flexibility index (Phi) is 10.3. The van der Waals surface area contributed by atoms with Crippen LogP contribution in [0.15, 0.2) is 59.6 Å². The number of piperidine rings is 1. The van der Waals surface area contributed by atoms with Crippen LogP contribution in [0.25, 0.3) is 5.00 Å². The number of amides is 6. The molecule has 8 rings (SSSR count). The van der Waals surface area contributed by atoms with Crippen LogP contribution in [0.5, 0.6) is 0 Å². The second-order valence-electron chi connectivity index (χ2n) is 14.5. The van der Waals surface area contributed by atoms with Crippen LogP contribution in [-0.4, -0.2) is 109 Å². The molecule has 2 atom stereocenters. The topological polar surface area (TPSA) is 191 Å². The van der Waals surface area contributed by atoms with Gasteiger partial charge in [0.1, 0.15) is 22.9 Å². The van der Waals surface area contributed by atoms with Crippen molar-refractivity contribution < 1.29 is 28.8 Å². The molecule has 2 aromatic carbocycles. The third-order valence-electron chi connectivity index (χ3n) is 10.9. The van der Waals surface area contributed by atoms with Gasteiger partial charge in [0.25, 0.3) is 17.7 Å². The molecule has 0 radical (unpaired) electrons. The van der Waals surface area contributed by atoms with Crippen LogP contribution in [0, 0.1) is 20.8 Å². The van der Waals surface area contributed by atoms with E-state index in [1.807, 2.05) is 35.8 Å². The molecule has 4 aliphatic heterocycles. The van der Waals surface area contributed by atoms with Crippen LogP contribution >= 0.6 is 22.9 Å². The Balaban J connectivity index is 0.894. The number of aliphatic imine (C=N–C) groups is 1. The van der Waals surface area contributed by atoms with Crippen LogP contribution < -0.4 is 16.1 Å². The number of imide groups is 2. The first kappa shape index (κ1) is 38.8. The number of nitrogens with one attached hydrogen (secondary N) is 3. The van der Waals surface area contributed by atoms with Gasteiger partial charge in [-0.05, 0) is 57.0 Å². The van der Waals surface area contributed by atoms with Gasteiger partial charge in [0, 0.05) is 77.9 Å². The summed E-state index contributed by atoms with van der Waals surface area (Å²) in [5.74, 6) is -1.77. The van der Waals surface area contributed by atoms with Gasteiger partial charge in [-0.1, -0.05) is 36.4 Å². The molecule has 3 N–H and O–H groups in total. The van der Waals surface area contributed by atoms with E-state index in [2.05, 4.69) is 46.7 Å². The van der Waals surface area contributed by atoms with Crippen LogP contribution in [0.2, 0.25) is 5.02 Å². The van der Waals surface area contributed by atoms with Gasteiger partial charge in [-0.3, -0.25) is 54.0 Å². The average molecular weight is 823 g/mol. The number of hydrogen-bond donors (Lipinski definition) is 3. The quantitative estimate of drug-likeness (QED) is 0.167. The molecule has 4 aliphatic rings. The summed E-state index contributed by atoms with van der Waals surface area (Å²) in [6, 6.07) is 10.3. The maximum absolute atomic E-state index is 14.1. The zero-order valence-electron chi connectivity index (χ0n) is 31.9. The number of rotatable bonds is 9. The highest BCUT2D eigenvalue weighted by molar-refractivity contribution is 7.15. The highest BCUT2D eigenvalue weighted by atomic mass is 35.5. The first-order valence-electron chi connectivity index (χ1n) is 18.8. The normalized spacial score (nSPS) is 19.2. The fourth-order valence-corrected chi connectivity index (χ4v) is 9.05. The van der Waals surface area contributed by atoms with Crippen LogP contribution in [0.1, 0.15) is 79.2 Å². The molecule has 0 spiro atoms. The fraction of sp³-hybridized carbons (Fsp3) is 0.325. The number of halogens is 1. The van der Waals surface area contributed by atoms with Gasteiger partial charge in [0.15, 0.2) is 5.82 Å². The van der Waals surface area contributed by atoms with Gasteiger partial charge in [-0.15, -0.1) is 21.5 Å². The molecule has 6 amide bonds. The Bertz CT molecular complexity index is 2470. The van der Waals surface area contributed by atoms with Crippen molar-refractivity contribution in [3.63, 3.8) is 0 Å². The van der Waals surface area contributed by atoms with E-state index in [1.165, 1.54) is 6.07 Å². The fourth-order valence-electron chi connectivity index (χ4n) is 7.71. The Morgan fingerprint density at radius 1 is 0.966 bits per heavy atom. The summed E-state index contributed by atoms with van der Waals surface area (Å²) in [4.78, 5) is 86.7. The molecule has 0 saturated carbocycles. The number of hydrogen-bond acceptors (Lipinski definition) is 12. The second kappa shape index (κ2) is 15.4. The van der Waals surface area contributed by atoms with Gasteiger partial charge < -0.3 is 10.2 Å². The molecule has 2 saturated heterocycles. The largest absolute Gasteiger partial charge is 0.384 e. The van der Waals surface area contributed by atoms with Crippen molar-refractivity contribution >= 4 is 69.8 Å². The lowest BCUT2D eigenvalue weighted by atomic mass is 9.99. The number of nitrogens with zero attached hydrogens (tertiary/aromatic N) is 7. The van der Waals surface area contributed by atoms with E-state index in [-0.39, 0.29) is 54.3 Å². The molecule has 16 nitrogen and oxygen atoms in total. The lowest BCUT2D eigenvalue weighted by Crippen LogP contribution is -2.55. The maximum atomic E-state index is 14.1. The van der Waals surface area contributed by atoms with Crippen molar-refractivity contribution in [2.45, 2.75) is 52.1 Å². The first-order chi connectivity index (χ1) is 27.8.